The number of hydrogen-bond donors (Lipinski definition) is 1. The highest BCUT2D eigenvalue weighted by molar-refractivity contribution is 5.95. The van der Waals surface area contributed by atoms with Gasteiger partial charge in [0.2, 0.25) is 0 Å². The van der Waals surface area contributed by atoms with Crippen molar-refractivity contribution in [3.8, 4) is 11.1 Å². The molecule has 1 atom stereocenters. The van der Waals surface area contributed by atoms with Crippen LogP contribution < -0.4 is 10.5 Å². The van der Waals surface area contributed by atoms with E-state index in [1.54, 1.807) is 6.20 Å². The van der Waals surface area contributed by atoms with E-state index in [1.807, 2.05) is 62.4 Å². The third-order valence-corrected chi connectivity index (χ3v) is 6.52. The van der Waals surface area contributed by atoms with Gasteiger partial charge in [0.25, 0.3) is 5.56 Å². The predicted octanol–water partition coefficient (Wildman–Crippen LogP) is 3.83. The van der Waals surface area contributed by atoms with E-state index in [4.69, 9.17) is 4.74 Å². The second-order valence-electron chi connectivity index (χ2n) is 9.36. The van der Waals surface area contributed by atoms with Crippen molar-refractivity contribution >= 4 is 16.7 Å². The first-order valence-electron chi connectivity index (χ1n) is 11.8. The molecular weight excluding hydrogens is 445 g/mol. The quantitative estimate of drug-likeness (QED) is 0.459. The Kier molecular flexibility index (Phi) is 6.40. The fourth-order valence-electron chi connectivity index (χ4n) is 4.76. The summed E-state index contributed by atoms with van der Waals surface area (Å²) in [7, 11) is 3.90. The summed E-state index contributed by atoms with van der Waals surface area (Å²) in [5.74, 6) is -0.446. The highest BCUT2D eigenvalue weighted by atomic mass is 19.1. The lowest BCUT2D eigenvalue weighted by Gasteiger charge is -2.28. The molecule has 1 aliphatic rings. The van der Waals surface area contributed by atoms with E-state index in [0.717, 1.165) is 35.3 Å². The number of nitrogens with one attached hydrogen (secondary N) is 1. The van der Waals surface area contributed by atoms with Gasteiger partial charge in [-0.05, 0) is 32.6 Å². The summed E-state index contributed by atoms with van der Waals surface area (Å²) in [6.07, 6.45) is 4.88. The highest BCUT2D eigenvalue weighted by Gasteiger charge is 2.21. The lowest BCUT2D eigenvalue weighted by molar-refractivity contribution is 0.122. The molecule has 3 aromatic heterocycles. The maximum absolute atomic E-state index is 15.6. The molecule has 5 rings (SSSR count). The molecule has 7 nitrogen and oxygen atoms in total. The largest absolute Gasteiger partial charge is 0.378 e. The summed E-state index contributed by atoms with van der Waals surface area (Å²) in [5.41, 5.74) is 4.33. The lowest BCUT2D eigenvalue weighted by atomic mass is 10.0. The molecule has 0 amide bonds. The minimum Gasteiger partial charge on any atom is -0.378 e. The number of likely N-dealkylation sites (N-methyl/N-ethyl adjacent to an activating group) is 1. The average Bonchev–Trinajstić information content (AvgIpc) is 3.27. The molecule has 1 N–H and O–H groups in total. The van der Waals surface area contributed by atoms with Crippen LogP contribution in [-0.4, -0.2) is 66.4 Å². The van der Waals surface area contributed by atoms with Gasteiger partial charge in [0.1, 0.15) is 11.5 Å². The van der Waals surface area contributed by atoms with Crippen molar-refractivity contribution in [1.82, 2.24) is 19.4 Å². The fraction of sp³-hybridized carbons (Fsp3) is 0.333. The molecular formula is C27H30FN5O2. The van der Waals surface area contributed by atoms with Gasteiger partial charge in [-0.15, -0.1) is 0 Å². The number of halogens is 1. The summed E-state index contributed by atoms with van der Waals surface area (Å²) in [6.45, 7) is 5.48. The van der Waals surface area contributed by atoms with Crippen molar-refractivity contribution in [2.75, 3.05) is 51.8 Å². The van der Waals surface area contributed by atoms with Crippen LogP contribution in [0.4, 0.5) is 10.1 Å². The Hall–Kier alpha value is -3.49. The number of anilines is 1. The summed E-state index contributed by atoms with van der Waals surface area (Å²) in [5, 5.41) is 0.786. The maximum Gasteiger partial charge on any atom is 0.251 e. The predicted molar refractivity (Wildman–Crippen MR) is 137 cm³/mol. The summed E-state index contributed by atoms with van der Waals surface area (Å²) in [6, 6.07) is 11.1. The Balaban J connectivity index is 1.57. The summed E-state index contributed by atoms with van der Waals surface area (Å²) < 4.78 is 22.6. The monoisotopic (exact) mass is 475 g/mol. The third kappa shape index (κ3) is 4.72. The molecule has 4 heterocycles. The molecule has 35 heavy (non-hydrogen) atoms. The molecule has 0 spiro atoms. The van der Waals surface area contributed by atoms with Crippen LogP contribution in [0.25, 0.3) is 22.2 Å². The molecule has 0 aliphatic carbocycles. The van der Waals surface area contributed by atoms with Crippen molar-refractivity contribution in [2.24, 2.45) is 0 Å². The van der Waals surface area contributed by atoms with Crippen LogP contribution >= 0.6 is 0 Å². The van der Waals surface area contributed by atoms with Gasteiger partial charge < -0.3 is 24.1 Å². The second kappa shape index (κ2) is 9.64. The number of hydrogen-bond acceptors (Lipinski definition) is 5. The van der Waals surface area contributed by atoms with Gasteiger partial charge in [-0.3, -0.25) is 4.79 Å². The molecule has 1 aliphatic heterocycles. The third-order valence-electron chi connectivity index (χ3n) is 6.52. The van der Waals surface area contributed by atoms with Crippen LogP contribution in [0.5, 0.6) is 0 Å². The van der Waals surface area contributed by atoms with E-state index in [2.05, 4.69) is 14.9 Å². The Morgan fingerprint density at radius 2 is 1.97 bits per heavy atom. The Morgan fingerprint density at radius 1 is 1.17 bits per heavy atom. The molecule has 1 aromatic carbocycles. The van der Waals surface area contributed by atoms with E-state index in [9.17, 15) is 4.79 Å². The van der Waals surface area contributed by atoms with Crippen LogP contribution in [-0.2, 0) is 4.74 Å². The number of benzene rings is 1. The number of fused-ring (bicyclic) bond motifs is 1. The molecule has 0 radical (unpaired) electrons. The molecule has 0 unspecified atom stereocenters. The van der Waals surface area contributed by atoms with Crippen molar-refractivity contribution in [1.29, 1.82) is 0 Å². The normalized spacial score (nSPS) is 15.2. The molecule has 1 saturated heterocycles. The van der Waals surface area contributed by atoms with Crippen LogP contribution in [0, 0.1) is 12.7 Å². The zero-order valence-electron chi connectivity index (χ0n) is 20.3. The molecule has 1 fully saturated rings. The summed E-state index contributed by atoms with van der Waals surface area (Å²) in [4.78, 5) is 25.2. The van der Waals surface area contributed by atoms with Crippen molar-refractivity contribution in [3.05, 3.63) is 82.3 Å². The van der Waals surface area contributed by atoms with Gasteiger partial charge in [0, 0.05) is 54.6 Å². The topological polar surface area (TPSA) is 66.4 Å². The number of aromatic nitrogens is 3. The van der Waals surface area contributed by atoms with Gasteiger partial charge in [-0.25, -0.2) is 9.37 Å². The smallest absolute Gasteiger partial charge is 0.251 e. The molecule has 4 aromatic rings. The summed E-state index contributed by atoms with van der Waals surface area (Å²) >= 11 is 0. The van der Waals surface area contributed by atoms with Gasteiger partial charge >= 0.3 is 0 Å². The van der Waals surface area contributed by atoms with Crippen LogP contribution in [0.3, 0.4) is 0 Å². The van der Waals surface area contributed by atoms with Crippen LogP contribution in [0.1, 0.15) is 17.2 Å². The van der Waals surface area contributed by atoms with E-state index >= 15 is 4.39 Å². The first-order chi connectivity index (χ1) is 16.9. The maximum atomic E-state index is 15.6. The van der Waals surface area contributed by atoms with Gasteiger partial charge in [-0.2, -0.15) is 0 Å². The number of rotatable bonds is 6. The minimum atomic E-state index is -0.446. The molecule has 8 heteroatoms. The molecule has 0 bridgehead atoms. The highest BCUT2D eigenvalue weighted by Crippen LogP contribution is 2.32. The number of nitrogens with zero attached hydrogens (tertiary/aromatic N) is 4. The second-order valence-corrected chi connectivity index (χ2v) is 9.36. The number of aryl methyl sites for hydroxylation is 1. The van der Waals surface area contributed by atoms with Crippen molar-refractivity contribution < 1.29 is 9.13 Å². The first kappa shape index (κ1) is 23.3. The Morgan fingerprint density at radius 3 is 2.71 bits per heavy atom. The van der Waals surface area contributed by atoms with Crippen LogP contribution in [0.15, 0.2) is 59.8 Å². The minimum absolute atomic E-state index is 0.249. The Bertz CT molecular complexity index is 1400. The fourth-order valence-corrected chi connectivity index (χ4v) is 4.76. The number of ether oxygens (including phenoxy) is 1. The molecule has 0 saturated carbocycles. The van der Waals surface area contributed by atoms with Gasteiger partial charge in [0.15, 0.2) is 0 Å². The van der Waals surface area contributed by atoms with Crippen molar-refractivity contribution in [3.63, 3.8) is 0 Å². The SMILES string of the molecule is Cc1cccc([C@@H](CN(C)C)n2cc(F)c(-c3c[nH]c4ncc(N5CCOCC5)cc34)cc2=O)c1. The van der Waals surface area contributed by atoms with E-state index in [1.165, 1.54) is 16.8 Å². The zero-order chi connectivity index (χ0) is 24.5. The van der Waals surface area contributed by atoms with Crippen molar-refractivity contribution in [2.45, 2.75) is 13.0 Å². The van der Waals surface area contributed by atoms with Gasteiger partial charge in [-0.1, -0.05) is 29.8 Å². The van der Waals surface area contributed by atoms with Gasteiger partial charge in [0.05, 0.1) is 31.1 Å². The lowest BCUT2D eigenvalue weighted by Crippen LogP contribution is -2.36. The zero-order valence-corrected chi connectivity index (χ0v) is 20.3. The average molecular weight is 476 g/mol. The number of morpholine rings is 1. The van der Waals surface area contributed by atoms with Crippen LogP contribution in [0.2, 0.25) is 0 Å². The van der Waals surface area contributed by atoms with E-state index < -0.39 is 5.82 Å². The standard InChI is InChI=1S/C27H30FN5O2/c1-18-5-4-6-19(11-18)25(17-31(2)3)33-16-24(28)21(13-26(33)34)23-15-30-27-22(23)12-20(14-29-27)32-7-9-35-10-8-32/h4-6,11-16,25H,7-10,17H2,1-3H3,(H,29,30)/t25-/m1/s1. The number of aromatic amines is 1. The van der Waals surface area contributed by atoms with E-state index in [-0.39, 0.29) is 17.2 Å². The first-order valence-corrected chi connectivity index (χ1v) is 11.8. The Labute approximate surface area is 203 Å². The van der Waals surface area contributed by atoms with E-state index in [0.29, 0.717) is 31.0 Å². The number of pyridine rings is 2. The number of H-pyrrole nitrogens is 1. The molecule has 182 valence electrons.